The van der Waals surface area contributed by atoms with Gasteiger partial charge >= 0.3 is 11.6 Å². The zero-order chi connectivity index (χ0) is 19.6. The van der Waals surface area contributed by atoms with Crippen LogP contribution in [-0.4, -0.2) is 18.2 Å². The number of fused-ring (bicyclic) bond motifs is 1. The quantitative estimate of drug-likeness (QED) is 0.492. The van der Waals surface area contributed by atoms with Crippen LogP contribution < -0.4 is 10.4 Å². The average molecular weight is 366 g/mol. The molecule has 0 spiro atoms. The van der Waals surface area contributed by atoms with E-state index in [2.05, 4.69) is 0 Å². The molecule has 1 aromatic heterocycles. The second kappa shape index (κ2) is 7.66. The van der Waals surface area contributed by atoms with Crippen LogP contribution in [0, 0.1) is 6.92 Å². The number of benzene rings is 2. The van der Waals surface area contributed by atoms with Crippen LogP contribution in [0.2, 0.25) is 0 Å². The summed E-state index contributed by atoms with van der Waals surface area (Å²) < 4.78 is 16.4. The summed E-state index contributed by atoms with van der Waals surface area (Å²) >= 11 is 0. The maximum absolute atomic E-state index is 12.1. The van der Waals surface area contributed by atoms with Crippen molar-refractivity contribution in [2.45, 2.75) is 39.9 Å². The summed E-state index contributed by atoms with van der Waals surface area (Å²) in [5, 5.41) is 0.808. The Morgan fingerprint density at radius 3 is 2.41 bits per heavy atom. The second-order valence-electron chi connectivity index (χ2n) is 6.66. The van der Waals surface area contributed by atoms with E-state index < -0.39 is 17.7 Å². The highest BCUT2D eigenvalue weighted by Crippen LogP contribution is 2.33. The lowest BCUT2D eigenvalue weighted by molar-refractivity contribution is -0.154. The molecule has 0 N–H and O–H groups in total. The first-order chi connectivity index (χ1) is 12.9. The molecule has 0 aliphatic rings. The number of rotatable bonds is 5. The van der Waals surface area contributed by atoms with E-state index in [1.807, 2.05) is 36.4 Å². The monoisotopic (exact) mass is 366 g/mol. The predicted octanol–water partition coefficient (Wildman–Crippen LogP) is 4.49. The van der Waals surface area contributed by atoms with Crippen molar-refractivity contribution in [2.24, 2.45) is 0 Å². The lowest BCUT2D eigenvalue weighted by Gasteiger charge is -2.18. The van der Waals surface area contributed by atoms with Gasteiger partial charge in [0.05, 0.1) is 6.10 Å². The molecule has 3 rings (SSSR count). The number of aryl methyl sites for hydroxylation is 1. The van der Waals surface area contributed by atoms with Gasteiger partial charge in [-0.1, -0.05) is 30.3 Å². The van der Waals surface area contributed by atoms with Crippen LogP contribution in [0.1, 0.15) is 26.3 Å². The molecule has 0 fully saturated rings. The van der Waals surface area contributed by atoms with Gasteiger partial charge in [0.15, 0.2) is 6.10 Å². The summed E-state index contributed by atoms with van der Waals surface area (Å²) in [5.74, 6) is 0.0352. The minimum Gasteiger partial charge on any atom is -0.479 e. The molecule has 1 atom stereocenters. The lowest BCUT2D eigenvalue weighted by atomic mass is 10.00. The first-order valence-corrected chi connectivity index (χ1v) is 8.87. The van der Waals surface area contributed by atoms with Gasteiger partial charge in [0.1, 0.15) is 11.3 Å². The Bertz CT molecular complexity index is 1020. The van der Waals surface area contributed by atoms with Crippen LogP contribution in [0.3, 0.4) is 0 Å². The third kappa shape index (κ3) is 4.03. The normalized spacial score (nSPS) is 12.2. The summed E-state index contributed by atoms with van der Waals surface area (Å²) in [4.78, 5) is 24.1. The third-order valence-corrected chi connectivity index (χ3v) is 4.18. The maximum Gasteiger partial charge on any atom is 0.347 e. The van der Waals surface area contributed by atoms with Gasteiger partial charge in [-0.05, 0) is 51.0 Å². The van der Waals surface area contributed by atoms with Crippen LogP contribution in [0.25, 0.3) is 22.1 Å². The standard InChI is InChI=1S/C22H22O5/c1-13(2)25-22(24)15(4)26-19-11-10-17-18(16-8-6-5-7-9-16)12-20(23)27-21(17)14(19)3/h5-13,15H,1-4H3. The van der Waals surface area contributed by atoms with E-state index in [-0.39, 0.29) is 6.10 Å². The maximum atomic E-state index is 12.1. The average Bonchev–Trinajstić information content (AvgIpc) is 2.64. The Hall–Kier alpha value is -3.08. The van der Waals surface area contributed by atoms with E-state index in [1.165, 1.54) is 6.07 Å². The number of ether oxygens (including phenoxy) is 2. The summed E-state index contributed by atoms with van der Waals surface area (Å²) in [6, 6.07) is 14.7. The molecule has 2 aromatic carbocycles. The predicted molar refractivity (Wildman–Crippen MR) is 104 cm³/mol. The fourth-order valence-corrected chi connectivity index (χ4v) is 2.89. The van der Waals surface area contributed by atoms with Gasteiger partial charge < -0.3 is 13.9 Å². The molecule has 0 bridgehead atoms. The van der Waals surface area contributed by atoms with Crippen molar-refractivity contribution in [3.8, 4) is 16.9 Å². The molecule has 0 amide bonds. The number of esters is 1. The largest absolute Gasteiger partial charge is 0.479 e. The van der Waals surface area contributed by atoms with Gasteiger partial charge in [-0.15, -0.1) is 0 Å². The fraction of sp³-hybridized carbons (Fsp3) is 0.273. The highest BCUT2D eigenvalue weighted by atomic mass is 16.6. The van der Waals surface area contributed by atoms with Crippen molar-refractivity contribution in [1.82, 2.24) is 0 Å². The van der Waals surface area contributed by atoms with Crippen LogP contribution in [0.5, 0.6) is 5.75 Å². The molecule has 0 aliphatic heterocycles. The summed E-state index contributed by atoms with van der Waals surface area (Å²) in [6.45, 7) is 7.00. The fourth-order valence-electron chi connectivity index (χ4n) is 2.89. The van der Waals surface area contributed by atoms with Gasteiger partial charge in [-0.3, -0.25) is 0 Å². The highest BCUT2D eigenvalue weighted by Gasteiger charge is 2.20. The van der Waals surface area contributed by atoms with Gasteiger partial charge in [-0.2, -0.15) is 0 Å². The molecule has 0 aliphatic carbocycles. The highest BCUT2D eigenvalue weighted by molar-refractivity contribution is 5.95. The summed E-state index contributed by atoms with van der Waals surface area (Å²) in [5.41, 5.74) is 2.39. The smallest absolute Gasteiger partial charge is 0.347 e. The summed E-state index contributed by atoms with van der Waals surface area (Å²) in [7, 11) is 0. The molecule has 5 heteroatoms. The van der Waals surface area contributed by atoms with E-state index in [9.17, 15) is 9.59 Å². The SMILES string of the molecule is Cc1c(OC(C)C(=O)OC(C)C)ccc2c(-c3ccccc3)cc(=O)oc12. The van der Waals surface area contributed by atoms with Crippen molar-refractivity contribution in [3.05, 3.63) is 64.5 Å². The Labute approximate surface area is 157 Å². The Balaban J connectivity index is 2.03. The number of hydrogen-bond donors (Lipinski definition) is 0. The molecule has 140 valence electrons. The lowest BCUT2D eigenvalue weighted by Crippen LogP contribution is -2.28. The number of carbonyl (C=O) groups is 1. The zero-order valence-corrected chi connectivity index (χ0v) is 15.8. The van der Waals surface area contributed by atoms with E-state index >= 15 is 0 Å². The van der Waals surface area contributed by atoms with E-state index in [0.717, 1.165) is 16.5 Å². The van der Waals surface area contributed by atoms with Crippen molar-refractivity contribution in [3.63, 3.8) is 0 Å². The molecule has 1 heterocycles. The minimum atomic E-state index is -0.771. The molecule has 5 nitrogen and oxygen atoms in total. The van der Waals surface area contributed by atoms with Crippen LogP contribution in [-0.2, 0) is 9.53 Å². The molecule has 0 radical (unpaired) electrons. The first kappa shape index (κ1) is 18.7. The summed E-state index contributed by atoms with van der Waals surface area (Å²) in [6.07, 6.45) is -0.986. The molecule has 0 saturated carbocycles. The van der Waals surface area contributed by atoms with Gasteiger partial charge in [0, 0.05) is 17.0 Å². The number of carbonyl (C=O) groups excluding carboxylic acids is 1. The second-order valence-corrected chi connectivity index (χ2v) is 6.66. The van der Waals surface area contributed by atoms with E-state index in [0.29, 0.717) is 16.9 Å². The molecule has 1 unspecified atom stereocenters. The van der Waals surface area contributed by atoms with Gasteiger partial charge in [0.2, 0.25) is 0 Å². The zero-order valence-electron chi connectivity index (χ0n) is 15.8. The topological polar surface area (TPSA) is 65.7 Å². The Kier molecular flexibility index (Phi) is 5.31. The number of hydrogen-bond acceptors (Lipinski definition) is 5. The van der Waals surface area contributed by atoms with Gasteiger partial charge in [-0.25, -0.2) is 9.59 Å². The molecule has 3 aromatic rings. The molecular weight excluding hydrogens is 344 g/mol. The van der Waals surface area contributed by atoms with Crippen molar-refractivity contribution >= 4 is 16.9 Å². The van der Waals surface area contributed by atoms with Crippen molar-refractivity contribution in [2.75, 3.05) is 0 Å². The van der Waals surface area contributed by atoms with Crippen LogP contribution >= 0.6 is 0 Å². The van der Waals surface area contributed by atoms with Crippen molar-refractivity contribution < 1.29 is 18.7 Å². The van der Waals surface area contributed by atoms with Crippen LogP contribution in [0.15, 0.2) is 57.7 Å². The first-order valence-electron chi connectivity index (χ1n) is 8.87. The van der Waals surface area contributed by atoms with E-state index in [1.54, 1.807) is 33.8 Å². The molecule has 0 saturated heterocycles. The van der Waals surface area contributed by atoms with E-state index in [4.69, 9.17) is 13.9 Å². The Morgan fingerprint density at radius 2 is 1.74 bits per heavy atom. The minimum absolute atomic E-state index is 0.215. The molecule has 27 heavy (non-hydrogen) atoms. The van der Waals surface area contributed by atoms with Gasteiger partial charge in [0.25, 0.3) is 0 Å². The van der Waals surface area contributed by atoms with Crippen LogP contribution in [0.4, 0.5) is 0 Å². The third-order valence-electron chi connectivity index (χ3n) is 4.18. The van der Waals surface area contributed by atoms with Crippen molar-refractivity contribution in [1.29, 1.82) is 0 Å². The Morgan fingerprint density at radius 1 is 1.04 bits per heavy atom. The molecular formula is C22H22O5.